The Bertz CT molecular complexity index is 808. The molecule has 0 amide bonds. The lowest BCUT2D eigenvalue weighted by Crippen LogP contribution is -2.22. The predicted molar refractivity (Wildman–Crippen MR) is 91.1 cm³/mol. The van der Waals surface area contributed by atoms with Gasteiger partial charge in [0.05, 0.1) is 0 Å². The van der Waals surface area contributed by atoms with Crippen LogP contribution in [0.15, 0.2) is 65.5 Å². The summed E-state index contributed by atoms with van der Waals surface area (Å²) in [4.78, 5) is 15.0. The van der Waals surface area contributed by atoms with Gasteiger partial charge >= 0.3 is 0 Å². The molecule has 0 aliphatic carbocycles. The number of aromatic nitrogens is 1. The van der Waals surface area contributed by atoms with Gasteiger partial charge < -0.3 is 10.3 Å². The normalized spacial score (nSPS) is 12.4. The average molecular weight is 292 g/mol. The zero-order valence-electron chi connectivity index (χ0n) is 12.7. The third-order valence-electron chi connectivity index (χ3n) is 3.95. The fourth-order valence-corrected chi connectivity index (χ4v) is 2.68. The molecule has 3 rings (SSSR count). The summed E-state index contributed by atoms with van der Waals surface area (Å²) in [6.07, 6.45) is 0.803. The Morgan fingerprint density at radius 1 is 1.05 bits per heavy atom. The van der Waals surface area contributed by atoms with Crippen LogP contribution < -0.4 is 10.9 Å². The standard InChI is InChI=1S/C19H20N2O/c1-14(15-7-3-2-4-8-15)20-12-11-17-13-16-9-5-6-10-18(16)19(22)21-17/h2-10,13-14,20H,11-12H2,1H3,(H,21,22). The topological polar surface area (TPSA) is 44.9 Å². The second kappa shape index (κ2) is 6.58. The molecule has 112 valence electrons. The summed E-state index contributed by atoms with van der Waals surface area (Å²) in [5.41, 5.74) is 2.23. The van der Waals surface area contributed by atoms with Crippen molar-refractivity contribution in [3.05, 3.63) is 82.3 Å². The number of benzene rings is 2. The summed E-state index contributed by atoms with van der Waals surface area (Å²) >= 11 is 0. The maximum atomic E-state index is 12.0. The molecular weight excluding hydrogens is 272 g/mol. The number of H-pyrrole nitrogens is 1. The summed E-state index contributed by atoms with van der Waals surface area (Å²) in [5, 5.41) is 5.24. The van der Waals surface area contributed by atoms with Crippen molar-refractivity contribution in [2.45, 2.75) is 19.4 Å². The molecule has 0 saturated carbocycles. The second-order valence-electron chi connectivity index (χ2n) is 5.55. The van der Waals surface area contributed by atoms with E-state index in [0.29, 0.717) is 6.04 Å². The van der Waals surface area contributed by atoms with E-state index in [-0.39, 0.29) is 5.56 Å². The molecule has 3 nitrogen and oxygen atoms in total. The Kier molecular flexibility index (Phi) is 4.35. The van der Waals surface area contributed by atoms with Gasteiger partial charge in [0, 0.05) is 30.1 Å². The zero-order valence-corrected chi connectivity index (χ0v) is 12.7. The minimum absolute atomic E-state index is 0.00999. The molecule has 1 aromatic heterocycles. The van der Waals surface area contributed by atoms with E-state index in [2.05, 4.69) is 35.4 Å². The first-order valence-electron chi connectivity index (χ1n) is 7.63. The number of pyridine rings is 1. The number of aromatic amines is 1. The third-order valence-corrected chi connectivity index (χ3v) is 3.95. The van der Waals surface area contributed by atoms with Gasteiger partial charge in [-0.15, -0.1) is 0 Å². The van der Waals surface area contributed by atoms with Crippen molar-refractivity contribution in [2.75, 3.05) is 6.54 Å². The van der Waals surface area contributed by atoms with E-state index in [0.717, 1.165) is 29.4 Å². The molecule has 1 atom stereocenters. The minimum atomic E-state index is -0.00999. The first-order chi connectivity index (χ1) is 10.7. The van der Waals surface area contributed by atoms with Gasteiger partial charge in [-0.2, -0.15) is 0 Å². The molecule has 0 bridgehead atoms. The number of fused-ring (bicyclic) bond motifs is 1. The lowest BCUT2D eigenvalue weighted by molar-refractivity contribution is 0.574. The number of nitrogens with one attached hydrogen (secondary N) is 2. The van der Waals surface area contributed by atoms with Crippen molar-refractivity contribution >= 4 is 10.8 Å². The van der Waals surface area contributed by atoms with E-state index in [4.69, 9.17) is 0 Å². The van der Waals surface area contributed by atoms with Crippen LogP contribution in [0, 0.1) is 0 Å². The van der Waals surface area contributed by atoms with Crippen molar-refractivity contribution in [2.24, 2.45) is 0 Å². The molecule has 22 heavy (non-hydrogen) atoms. The van der Waals surface area contributed by atoms with Gasteiger partial charge in [-0.05, 0) is 30.0 Å². The van der Waals surface area contributed by atoms with E-state index in [1.54, 1.807) is 0 Å². The molecule has 2 N–H and O–H groups in total. The van der Waals surface area contributed by atoms with Crippen molar-refractivity contribution < 1.29 is 0 Å². The van der Waals surface area contributed by atoms with Crippen LogP contribution in [0.25, 0.3) is 10.8 Å². The van der Waals surface area contributed by atoms with Crippen LogP contribution in [0.2, 0.25) is 0 Å². The first-order valence-corrected chi connectivity index (χ1v) is 7.63. The lowest BCUT2D eigenvalue weighted by Gasteiger charge is -2.14. The van der Waals surface area contributed by atoms with Gasteiger partial charge in [0.2, 0.25) is 0 Å². The highest BCUT2D eigenvalue weighted by molar-refractivity contribution is 5.81. The largest absolute Gasteiger partial charge is 0.326 e. The van der Waals surface area contributed by atoms with Crippen LogP contribution >= 0.6 is 0 Å². The van der Waals surface area contributed by atoms with Gasteiger partial charge in [0.15, 0.2) is 0 Å². The smallest absolute Gasteiger partial charge is 0.256 e. The zero-order chi connectivity index (χ0) is 15.4. The van der Waals surface area contributed by atoms with Gasteiger partial charge in [-0.1, -0.05) is 48.5 Å². The van der Waals surface area contributed by atoms with Crippen LogP contribution in [0.1, 0.15) is 24.2 Å². The van der Waals surface area contributed by atoms with Crippen molar-refractivity contribution in [3.8, 4) is 0 Å². The lowest BCUT2D eigenvalue weighted by atomic mass is 10.1. The van der Waals surface area contributed by atoms with Crippen LogP contribution in [0.3, 0.4) is 0 Å². The molecule has 1 unspecified atom stereocenters. The Hall–Kier alpha value is -2.39. The molecule has 0 radical (unpaired) electrons. The van der Waals surface area contributed by atoms with Gasteiger partial charge in [0.25, 0.3) is 5.56 Å². The van der Waals surface area contributed by atoms with Gasteiger partial charge in [0.1, 0.15) is 0 Å². The molecule has 3 aromatic rings. The second-order valence-corrected chi connectivity index (χ2v) is 5.55. The SMILES string of the molecule is CC(NCCc1cc2ccccc2c(=O)[nH]1)c1ccccc1. The summed E-state index contributed by atoms with van der Waals surface area (Å²) in [6, 6.07) is 20.4. The minimum Gasteiger partial charge on any atom is -0.326 e. The number of hydrogen-bond acceptors (Lipinski definition) is 2. The van der Waals surface area contributed by atoms with Crippen molar-refractivity contribution in [1.29, 1.82) is 0 Å². The Balaban J connectivity index is 1.66. The van der Waals surface area contributed by atoms with E-state index in [1.165, 1.54) is 5.56 Å². The Morgan fingerprint density at radius 2 is 1.77 bits per heavy atom. The predicted octanol–water partition coefficient (Wildman–Crippen LogP) is 3.42. The van der Waals surface area contributed by atoms with Crippen LogP contribution in [-0.2, 0) is 6.42 Å². The summed E-state index contributed by atoms with van der Waals surface area (Å²) in [7, 11) is 0. The molecule has 0 aliphatic heterocycles. The maximum Gasteiger partial charge on any atom is 0.256 e. The fraction of sp³-hybridized carbons (Fsp3) is 0.211. The average Bonchev–Trinajstić information content (AvgIpc) is 2.56. The highest BCUT2D eigenvalue weighted by Crippen LogP contribution is 2.12. The monoisotopic (exact) mass is 292 g/mol. The van der Waals surface area contributed by atoms with Gasteiger partial charge in [-0.3, -0.25) is 4.79 Å². The molecule has 0 aliphatic rings. The Morgan fingerprint density at radius 3 is 2.59 bits per heavy atom. The first kappa shape index (κ1) is 14.5. The molecular formula is C19H20N2O. The molecule has 1 heterocycles. The molecule has 2 aromatic carbocycles. The third kappa shape index (κ3) is 3.26. The Labute approximate surface area is 130 Å². The van der Waals surface area contributed by atoms with E-state index >= 15 is 0 Å². The molecule has 0 fully saturated rings. The molecule has 0 saturated heterocycles. The van der Waals surface area contributed by atoms with E-state index in [1.807, 2.05) is 42.5 Å². The maximum absolute atomic E-state index is 12.0. The summed E-state index contributed by atoms with van der Waals surface area (Å²) < 4.78 is 0. The molecule has 3 heteroatoms. The highest BCUT2D eigenvalue weighted by atomic mass is 16.1. The summed E-state index contributed by atoms with van der Waals surface area (Å²) in [5.74, 6) is 0. The van der Waals surface area contributed by atoms with Gasteiger partial charge in [-0.25, -0.2) is 0 Å². The molecule has 0 spiro atoms. The summed E-state index contributed by atoms with van der Waals surface area (Å²) in [6.45, 7) is 2.98. The fourth-order valence-electron chi connectivity index (χ4n) is 2.68. The number of rotatable bonds is 5. The van der Waals surface area contributed by atoms with Crippen molar-refractivity contribution in [3.63, 3.8) is 0 Å². The highest BCUT2D eigenvalue weighted by Gasteiger charge is 2.05. The van der Waals surface area contributed by atoms with E-state index in [9.17, 15) is 4.79 Å². The van der Waals surface area contributed by atoms with Crippen LogP contribution in [0.5, 0.6) is 0 Å². The van der Waals surface area contributed by atoms with Crippen molar-refractivity contribution in [1.82, 2.24) is 10.3 Å². The van der Waals surface area contributed by atoms with E-state index < -0.39 is 0 Å². The van der Waals surface area contributed by atoms with Crippen LogP contribution in [0.4, 0.5) is 0 Å². The number of hydrogen-bond donors (Lipinski definition) is 2. The quantitative estimate of drug-likeness (QED) is 0.757. The van der Waals surface area contributed by atoms with Crippen LogP contribution in [-0.4, -0.2) is 11.5 Å².